The van der Waals surface area contributed by atoms with Crippen LogP contribution in [0.15, 0.2) is 53.4 Å². The summed E-state index contributed by atoms with van der Waals surface area (Å²) in [6.07, 6.45) is 0.894. The first kappa shape index (κ1) is 24.4. The van der Waals surface area contributed by atoms with Crippen molar-refractivity contribution in [1.82, 2.24) is 9.21 Å². The summed E-state index contributed by atoms with van der Waals surface area (Å²) in [5.41, 5.74) is 2.50. The number of benzene rings is 2. The minimum atomic E-state index is -3.67. The molecule has 2 amide bonds. The fraction of sp³-hybridized carbons (Fsp3) is 0.440. The van der Waals surface area contributed by atoms with Crippen molar-refractivity contribution in [3.63, 3.8) is 0 Å². The van der Waals surface area contributed by atoms with Gasteiger partial charge in [0.25, 0.3) is 0 Å². The van der Waals surface area contributed by atoms with Crippen molar-refractivity contribution in [3.05, 3.63) is 59.7 Å². The van der Waals surface area contributed by atoms with Crippen molar-refractivity contribution in [2.24, 2.45) is 0 Å². The summed E-state index contributed by atoms with van der Waals surface area (Å²) < 4.78 is 33.3. The zero-order chi connectivity index (χ0) is 24.1. The van der Waals surface area contributed by atoms with Crippen LogP contribution >= 0.6 is 0 Å². The van der Waals surface area contributed by atoms with Gasteiger partial charge in [-0.05, 0) is 35.7 Å². The molecule has 182 valence electrons. The van der Waals surface area contributed by atoms with Crippen LogP contribution in [0.3, 0.4) is 0 Å². The van der Waals surface area contributed by atoms with Crippen molar-refractivity contribution in [3.8, 4) is 0 Å². The lowest BCUT2D eigenvalue weighted by molar-refractivity contribution is -0.136. The molecule has 0 N–H and O–H groups in total. The Morgan fingerprint density at radius 2 is 1.68 bits per heavy atom. The second kappa shape index (κ2) is 10.7. The lowest BCUT2D eigenvalue weighted by Gasteiger charge is -2.27. The highest BCUT2D eigenvalue weighted by Gasteiger charge is 2.29. The quantitative estimate of drug-likeness (QED) is 0.573. The number of rotatable bonds is 8. The van der Waals surface area contributed by atoms with Gasteiger partial charge in [-0.25, -0.2) is 8.42 Å². The molecule has 0 aromatic heterocycles. The number of fused-ring (bicyclic) bond motifs is 1. The third-order valence-corrected chi connectivity index (χ3v) is 8.27. The van der Waals surface area contributed by atoms with Crippen molar-refractivity contribution >= 4 is 27.5 Å². The highest BCUT2D eigenvalue weighted by Crippen LogP contribution is 2.32. The third-order valence-electron chi connectivity index (χ3n) is 6.36. The molecule has 0 radical (unpaired) electrons. The monoisotopic (exact) mass is 485 g/mol. The van der Waals surface area contributed by atoms with Gasteiger partial charge in [0.1, 0.15) is 0 Å². The van der Waals surface area contributed by atoms with E-state index in [9.17, 15) is 18.0 Å². The van der Waals surface area contributed by atoms with Gasteiger partial charge in [-0.1, -0.05) is 37.3 Å². The van der Waals surface area contributed by atoms with Gasteiger partial charge in [0, 0.05) is 51.3 Å². The van der Waals surface area contributed by atoms with E-state index in [-0.39, 0.29) is 29.6 Å². The lowest BCUT2D eigenvalue weighted by Crippen LogP contribution is -2.41. The molecule has 9 heteroatoms. The number of ether oxygens (including phenoxy) is 1. The molecule has 34 heavy (non-hydrogen) atoms. The normalized spacial score (nSPS) is 16.1. The van der Waals surface area contributed by atoms with Gasteiger partial charge in [-0.2, -0.15) is 4.31 Å². The molecule has 0 atom stereocenters. The van der Waals surface area contributed by atoms with E-state index in [0.717, 1.165) is 16.8 Å². The number of anilines is 1. The molecule has 2 aromatic carbocycles. The molecule has 2 aliphatic heterocycles. The van der Waals surface area contributed by atoms with Gasteiger partial charge in [0.15, 0.2) is 0 Å². The maximum atomic E-state index is 13.3. The molecule has 2 aliphatic rings. The van der Waals surface area contributed by atoms with E-state index in [1.807, 2.05) is 37.3 Å². The van der Waals surface area contributed by atoms with Crippen molar-refractivity contribution in [1.29, 1.82) is 0 Å². The van der Waals surface area contributed by atoms with Crippen LogP contribution < -0.4 is 4.90 Å². The predicted molar refractivity (Wildman–Crippen MR) is 129 cm³/mol. The van der Waals surface area contributed by atoms with Gasteiger partial charge in [0.2, 0.25) is 21.8 Å². The molecule has 0 aliphatic carbocycles. The minimum absolute atomic E-state index is 0.0319. The summed E-state index contributed by atoms with van der Waals surface area (Å²) in [5.74, 6) is -0.147. The SMILES string of the molecule is CCN(Cc1ccccc1)S(=O)(=O)c1ccc2c(c1)CCN2C(=O)CCC(=O)N1CCOCC1. The van der Waals surface area contributed by atoms with Crippen LogP contribution in [0, 0.1) is 0 Å². The van der Waals surface area contributed by atoms with Crippen molar-refractivity contribution in [2.45, 2.75) is 37.6 Å². The average Bonchev–Trinajstić information content (AvgIpc) is 3.30. The van der Waals surface area contributed by atoms with Crippen molar-refractivity contribution < 1.29 is 22.7 Å². The summed E-state index contributed by atoms with van der Waals surface area (Å²) in [6, 6.07) is 14.5. The average molecular weight is 486 g/mol. The molecule has 1 saturated heterocycles. The Morgan fingerprint density at radius 1 is 0.971 bits per heavy atom. The molecule has 8 nitrogen and oxygen atoms in total. The van der Waals surface area contributed by atoms with Crippen LogP contribution in [0.1, 0.15) is 30.9 Å². The second-order valence-electron chi connectivity index (χ2n) is 8.50. The maximum Gasteiger partial charge on any atom is 0.243 e. The predicted octanol–water partition coefficient (Wildman–Crippen LogP) is 2.43. The lowest BCUT2D eigenvalue weighted by atomic mass is 10.2. The Morgan fingerprint density at radius 3 is 2.38 bits per heavy atom. The molecule has 0 bridgehead atoms. The zero-order valence-corrected chi connectivity index (χ0v) is 20.3. The van der Waals surface area contributed by atoms with Crippen LogP contribution in [0.25, 0.3) is 0 Å². The molecular weight excluding hydrogens is 454 g/mol. The number of hydrogen-bond donors (Lipinski definition) is 0. The largest absolute Gasteiger partial charge is 0.378 e. The van der Waals surface area contributed by atoms with E-state index < -0.39 is 10.0 Å². The molecule has 0 spiro atoms. The Balaban J connectivity index is 1.43. The minimum Gasteiger partial charge on any atom is -0.378 e. The van der Waals surface area contributed by atoms with Gasteiger partial charge in [-0.3, -0.25) is 9.59 Å². The van der Waals surface area contributed by atoms with Gasteiger partial charge >= 0.3 is 0 Å². The van der Waals surface area contributed by atoms with Gasteiger partial charge in [-0.15, -0.1) is 0 Å². The third kappa shape index (κ3) is 5.32. The van der Waals surface area contributed by atoms with Crippen LogP contribution in [-0.2, 0) is 37.3 Å². The van der Waals surface area contributed by atoms with Crippen LogP contribution in [0.4, 0.5) is 5.69 Å². The highest BCUT2D eigenvalue weighted by molar-refractivity contribution is 7.89. The van der Waals surface area contributed by atoms with Crippen LogP contribution in [0.5, 0.6) is 0 Å². The summed E-state index contributed by atoms with van der Waals surface area (Å²) >= 11 is 0. The number of amides is 2. The smallest absolute Gasteiger partial charge is 0.243 e. The molecule has 4 rings (SSSR count). The topological polar surface area (TPSA) is 87.2 Å². The molecule has 1 fully saturated rings. The molecule has 0 unspecified atom stereocenters. The number of nitrogens with zero attached hydrogens (tertiary/aromatic N) is 3. The summed E-state index contributed by atoms with van der Waals surface area (Å²) in [7, 11) is -3.67. The Labute approximate surface area is 201 Å². The number of hydrogen-bond acceptors (Lipinski definition) is 5. The number of carbonyl (C=O) groups excluding carboxylic acids is 2. The first-order chi connectivity index (χ1) is 16.4. The first-order valence-corrected chi connectivity index (χ1v) is 13.2. The van der Waals surface area contributed by atoms with E-state index in [1.165, 1.54) is 4.31 Å². The van der Waals surface area contributed by atoms with E-state index in [0.29, 0.717) is 52.4 Å². The van der Waals surface area contributed by atoms with E-state index in [4.69, 9.17) is 4.74 Å². The summed E-state index contributed by atoms with van der Waals surface area (Å²) in [4.78, 5) is 28.8. The Kier molecular flexibility index (Phi) is 7.65. The van der Waals surface area contributed by atoms with E-state index >= 15 is 0 Å². The standard InChI is InChI=1S/C25H31N3O5S/c1-2-27(19-20-6-4-3-5-7-20)34(31,32)22-8-9-23-21(18-22)12-13-28(23)25(30)11-10-24(29)26-14-16-33-17-15-26/h3-9,18H,2,10-17,19H2,1H3. The van der Waals surface area contributed by atoms with Gasteiger partial charge in [0.05, 0.1) is 18.1 Å². The van der Waals surface area contributed by atoms with E-state index in [2.05, 4.69) is 0 Å². The summed E-state index contributed by atoms with van der Waals surface area (Å²) in [6.45, 7) is 5.17. The van der Waals surface area contributed by atoms with Gasteiger partial charge < -0.3 is 14.5 Å². The zero-order valence-electron chi connectivity index (χ0n) is 19.5. The highest BCUT2D eigenvalue weighted by atomic mass is 32.2. The molecule has 0 saturated carbocycles. The number of sulfonamides is 1. The first-order valence-electron chi connectivity index (χ1n) is 11.7. The number of carbonyl (C=O) groups is 2. The molecule has 2 heterocycles. The summed E-state index contributed by atoms with van der Waals surface area (Å²) in [5, 5.41) is 0. The fourth-order valence-corrected chi connectivity index (χ4v) is 5.91. The Hall–Kier alpha value is -2.75. The number of morpholine rings is 1. The Bertz CT molecular complexity index is 1130. The van der Waals surface area contributed by atoms with Crippen molar-refractivity contribution in [2.75, 3.05) is 44.3 Å². The van der Waals surface area contributed by atoms with Crippen LogP contribution in [-0.4, -0.2) is 68.8 Å². The second-order valence-corrected chi connectivity index (χ2v) is 10.4. The van der Waals surface area contributed by atoms with Crippen LogP contribution in [0.2, 0.25) is 0 Å². The fourth-order valence-electron chi connectivity index (χ4n) is 4.42. The van der Waals surface area contributed by atoms with E-state index in [1.54, 1.807) is 28.0 Å². The maximum absolute atomic E-state index is 13.3. The molecule has 2 aromatic rings. The molecular formula is C25H31N3O5S.